The summed E-state index contributed by atoms with van der Waals surface area (Å²) >= 11 is 9.26. The molecule has 1 heterocycles. The van der Waals surface area contributed by atoms with Crippen LogP contribution in [0.15, 0.2) is 41.5 Å². The minimum Gasteiger partial charge on any atom is -0.319 e. The molecule has 2 rings (SSSR count). The van der Waals surface area contributed by atoms with Crippen LogP contribution in [0.5, 0.6) is 0 Å². The van der Waals surface area contributed by atoms with Gasteiger partial charge in [0.2, 0.25) is 0 Å². The van der Waals surface area contributed by atoms with Gasteiger partial charge in [-0.15, -0.1) is 0 Å². The predicted octanol–water partition coefficient (Wildman–Crippen LogP) is 4.53. The van der Waals surface area contributed by atoms with E-state index in [9.17, 15) is 9.18 Å². The summed E-state index contributed by atoms with van der Waals surface area (Å²) in [6.07, 6.45) is 2.82. The van der Waals surface area contributed by atoms with Gasteiger partial charge in [0.1, 0.15) is 0 Å². The zero-order valence-electron chi connectivity index (χ0n) is 10.2. The third-order valence-electron chi connectivity index (χ3n) is 2.51. The summed E-state index contributed by atoms with van der Waals surface area (Å²) in [7, 11) is 0. The number of nitrogens with one attached hydrogen (secondary N) is 1. The molecule has 0 bridgehead atoms. The van der Waals surface area contributed by atoms with E-state index in [1.165, 1.54) is 18.3 Å². The molecule has 0 atom stereocenters. The van der Waals surface area contributed by atoms with Crippen LogP contribution in [0.3, 0.4) is 0 Å². The largest absolute Gasteiger partial charge is 0.319 e. The number of anilines is 1. The highest BCUT2D eigenvalue weighted by molar-refractivity contribution is 9.10. The van der Waals surface area contributed by atoms with Gasteiger partial charge < -0.3 is 5.32 Å². The summed E-state index contributed by atoms with van der Waals surface area (Å²) in [5.41, 5.74) is 0.575. The lowest BCUT2D eigenvalue weighted by Crippen LogP contribution is -2.16. The maximum Gasteiger partial charge on any atom is 0.277 e. The van der Waals surface area contributed by atoms with Crippen LogP contribution >= 0.6 is 27.5 Å². The van der Waals surface area contributed by atoms with E-state index in [-0.39, 0.29) is 5.69 Å². The summed E-state index contributed by atoms with van der Waals surface area (Å²) in [6, 6.07) is 6.24. The molecule has 0 saturated carbocycles. The number of hydrogen-bond acceptors (Lipinski definition) is 2. The predicted molar refractivity (Wildman–Crippen MR) is 81.4 cm³/mol. The lowest BCUT2D eigenvalue weighted by atomic mass is 10.2. The molecule has 1 aromatic carbocycles. The van der Waals surface area contributed by atoms with Crippen LogP contribution < -0.4 is 5.32 Å². The number of carbonyl (C=O) groups is 1. The van der Waals surface area contributed by atoms with Gasteiger partial charge in [0, 0.05) is 10.7 Å². The first kappa shape index (κ1) is 14.7. The zero-order valence-corrected chi connectivity index (χ0v) is 12.5. The Kier molecular flexibility index (Phi) is 4.52. The Hall–Kier alpha value is -1.72. The van der Waals surface area contributed by atoms with Crippen LogP contribution in [-0.2, 0) is 0 Å². The van der Waals surface area contributed by atoms with Crippen molar-refractivity contribution in [3.63, 3.8) is 0 Å². The first-order chi connectivity index (χ1) is 9.52. The zero-order chi connectivity index (χ0) is 14.7. The summed E-state index contributed by atoms with van der Waals surface area (Å²) in [5, 5.41) is 2.85. The van der Waals surface area contributed by atoms with Crippen molar-refractivity contribution >= 4 is 45.2 Å². The summed E-state index contributed by atoms with van der Waals surface area (Å²) in [6.45, 7) is 3.51. The van der Waals surface area contributed by atoms with Crippen LogP contribution in [0.4, 0.5) is 10.1 Å². The van der Waals surface area contributed by atoms with Crippen LogP contribution in [0.1, 0.15) is 16.1 Å². The third-order valence-corrected chi connectivity index (χ3v) is 3.81. The van der Waals surface area contributed by atoms with Crippen molar-refractivity contribution in [3.8, 4) is 0 Å². The maximum atomic E-state index is 13.8. The molecular formula is C14H9BrClFN2O. The van der Waals surface area contributed by atoms with Gasteiger partial charge in [-0.1, -0.05) is 30.3 Å². The van der Waals surface area contributed by atoms with Crippen molar-refractivity contribution in [1.82, 2.24) is 4.98 Å². The van der Waals surface area contributed by atoms with E-state index in [0.29, 0.717) is 20.7 Å². The SMILES string of the molecule is C=Cc1cnc(C(=O)Nc2cccc(Br)c2Cl)c(F)c1. The second-order valence-corrected chi connectivity index (χ2v) is 5.09. The molecule has 0 saturated heterocycles. The van der Waals surface area contributed by atoms with Crippen LogP contribution in [0.2, 0.25) is 5.02 Å². The number of halogens is 3. The van der Waals surface area contributed by atoms with Crippen molar-refractivity contribution < 1.29 is 9.18 Å². The topological polar surface area (TPSA) is 42.0 Å². The van der Waals surface area contributed by atoms with Crippen molar-refractivity contribution in [1.29, 1.82) is 0 Å². The lowest BCUT2D eigenvalue weighted by molar-refractivity contribution is 0.101. The fraction of sp³-hybridized carbons (Fsp3) is 0. The molecule has 0 aliphatic carbocycles. The standard InChI is InChI=1S/C14H9BrClFN2O/c1-2-8-6-10(17)13(18-7-8)14(20)19-11-5-3-4-9(15)12(11)16/h2-7H,1H2,(H,19,20). The lowest BCUT2D eigenvalue weighted by Gasteiger charge is -2.08. The molecule has 0 aliphatic heterocycles. The number of carbonyl (C=O) groups excluding carboxylic acids is 1. The Balaban J connectivity index is 2.28. The minimum absolute atomic E-state index is 0.299. The first-order valence-corrected chi connectivity index (χ1v) is 6.73. The molecular weight excluding hydrogens is 347 g/mol. The highest BCUT2D eigenvalue weighted by atomic mass is 79.9. The van der Waals surface area contributed by atoms with E-state index >= 15 is 0 Å². The molecule has 2 aromatic rings. The number of pyridine rings is 1. The molecule has 0 fully saturated rings. The Bertz CT molecular complexity index is 691. The fourth-order valence-corrected chi connectivity index (χ4v) is 2.05. The maximum absolute atomic E-state index is 13.8. The minimum atomic E-state index is -0.717. The van der Waals surface area contributed by atoms with E-state index in [4.69, 9.17) is 11.6 Å². The smallest absolute Gasteiger partial charge is 0.277 e. The van der Waals surface area contributed by atoms with Gasteiger partial charge in [0.05, 0.1) is 10.7 Å². The van der Waals surface area contributed by atoms with E-state index < -0.39 is 11.7 Å². The summed E-state index contributed by atoms with van der Waals surface area (Å²) in [4.78, 5) is 15.8. The number of rotatable bonds is 3. The molecule has 6 heteroatoms. The molecule has 0 aliphatic rings. The average molecular weight is 356 g/mol. The van der Waals surface area contributed by atoms with E-state index in [1.807, 2.05) is 0 Å². The van der Waals surface area contributed by atoms with Gasteiger partial charge in [0.25, 0.3) is 5.91 Å². The highest BCUT2D eigenvalue weighted by Crippen LogP contribution is 2.30. The van der Waals surface area contributed by atoms with Gasteiger partial charge in [-0.25, -0.2) is 9.37 Å². The van der Waals surface area contributed by atoms with Gasteiger partial charge in [0.15, 0.2) is 11.5 Å². The van der Waals surface area contributed by atoms with Crippen LogP contribution in [-0.4, -0.2) is 10.9 Å². The molecule has 3 nitrogen and oxygen atoms in total. The Labute approximate surface area is 128 Å². The van der Waals surface area contributed by atoms with E-state index in [0.717, 1.165) is 0 Å². The van der Waals surface area contributed by atoms with Crippen molar-refractivity contribution in [3.05, 3.63) is 63.6 Å². The third kappa shape index (κ3) is 3.05. The van der Waals surface area contributed by atoms with Crippen molar-refractivity contribution in [2.75, 3.05) is 5.32 Å². The number of amides is 1. The second kappa shape index (κ2) is 6.15. The number of hydrogen-bond donors (Lipinski definition) is 1. The molecule has 0 radical (unpaired) electrons. The second-order valence-electron chi connectivity index (χ2n) is 3.86. The molecule has 1 N–H and O–H groups in total. The summed E-state index contributed by atoms with van der Waals surface area (Å²) in [5.74, 6) is -1.39. The Morgan fingerprint density at radius 2 is 2.25 bits per heavy atom. The molecule has 1 aromatic heterocycles. The van der Waals surface area contributed by atoms with Gasteiger partial charge in [-0.2, -0.15) is 0 Å². The van der Waals surface area contributed by atoms with E-state index in [2.05, 4.69) is 32.8 Å². The van der Waals surface area contributed by atoms with Crippen molar-refractivity contribution in [2.24, 2.45) is 0 Å². The quantitative estimate of drug-likeness (QED) is 0.879. The summed E-state index contributed by atoms with van der Waals surface area (Å²) < 4.78 is 14.4. The Morgan fingerprint density at radius 1 is 1.50 bits per heavy atom. The first-order valence-electron chi connectivity index (χ1n) is 5.56. The molecule has 0 unspecified atom stereocenters. The number of benzene rings is 1. The Morgan fingerprint density at radius 3 is 2.90 bits per heavy atom. The number of nitrogens with zero attached hydrogens (tertiary/aromatic N) is 1. The van der Waals surface area contributed by atoms with Gasteiger partial charge in [-0.05, 0) is 39.7 Å². The van der Waals surface area contributed by atoms with Gasteiger partial charge >= 0.3 is 0 Å². The van der Waals surface area contributed by atoms with Crippen LogP contribution in [0.25, 0.3) is 6.08 Å². The van der Waals surface area contributed by atoms with Gasteiger partial charge in [-0.3, -0.25) is 4.79 Å². The molecule has 1 amide bonds. The molecule has 20 heavy (non-hydrogen) atoms. The fourth-order valence-electron chi connectivity index (χ4n) is 1.51. The normalized spacial score (nSPS) is 10.2. The highest BCUT2D eigenvalue weighted by Gasteiger charge is 2.15. The van der Waals surface area contributed by atoms with E-state index in [1.54, 1.807) is 18.2 Å². The monoisotopic (exact) mass is 354 g/mol. The molecule has 102 valence electrons. The average Bonchev–Trinajstić information content (AvgIpc) is 2.43. The van der Waals surface area contributed by atoms with Crippen LogP contribution in [0, 0.1) is 5.82 Å². The molecule has 0 spiro atoms. The van der Waals surface area contributed by atoms with Crippen molar-refractivity contribution in [2.45, 2.75) is 0 Å². The number of aromatic nitrogens is 1.